The summed E-state index contributed by atoms with van der Waals surface area (Å²) < 4.78 is 28.7. The van der Waals surface area contributed by atoms with Crippen molar-refractivity contribution in [3.63, 3.8) is 0 Å². The number of ether oxygens (including phenoxy) is 4. The summed E-state index contributed by atoms with van der Waals surface area (Å²) in [7, 11) is 0. The van der Waals surface area contributed by atoms with E-state index in [1.54, 1.807) is 18.3 Å². The van der Waals surface area contributed by atoms with Gasteiger partial charge in [-0.2, -0.15) is 18.3 Å². The van der Waals surface area contributed by atoms with Crippen molar-refractivity contribution in [3.05, 3.63) is 145 Å². The van der Waals surface area contributed by atoms with Crippen LogP contribution >= 0.6 is 0 Å². The van der Waals surface area contributed by atoms with E-state index in [2.05, 4.69) is 9.97 Å². The number of pyridine rings is 4. The third-order valence-electron chi connectivity index (χ3n) is 11.0. The minimum absolute atomic E-state index is 0. The molecule has 0 radical (unpaired) electrons. The fraction of sp³-hybridized carbons (Fsp3) is 0.154. The monoisotopic (exact) mass is 1050 g/mol. The Morgan fingerprint density at radius 1 is 0.389 bits per heavy atom. The Morgan fingerprint density at radius 3 is 0.931 bits per heavy atom. The molecule has 20 heteroatoms. The average molecular weight is 1050 g/mol. The molecular formula is C52H46Cl4N8O8. The lowest BCUT2D eigenvalue weighted by molar-refractivity contribution is -0.727. The molecule has 0 fully saturated rings. The highest BCUT2D eigenvalue weighted by molar-refractivity contribution is 5.99. The molecule has 0 unspecified atom stereocenters. The summed E-state index contributed by atoms with van der Waals surface area (Å²) in [5.41, 5.74) is 11.8. The second-order valence-corrected chi connectivity index (χ2v) is 16.0. The first kappa shape index (κ1) is 55.2. The molecule has 0 saturated heterocycles. The van der Waals surface area contributed by atoms with Crippen LogP contribution in [0.4, 0.5) is 0 Å². The zero-order valence-electron chi connectivity index (χ0n) is 39.1. The Balaban J connectivity index is 0.00000241. The summed E-state index contributed by atoms with van der Waals surface area (Å²) in [6.45, 7) is 5.53. The predicted octanol–water partition coefficient (Wildman–Crippen LogP) is -5.43. The second-order valence-electron chi connectivity index (χ2n) is 16.0. The molecule has 0 amide bonds. The van der Waals surface area contributed by atoms with Crippen molar-refractivity contribution in [1.82, 2.24) is 19.9 Å². The number of H-pyrrole nitrogens is 2. The fourth-order valence-electron chi connectivity index (χ4n) is 8.08. The van der Waals surface area contributed by atoms with Crippen LogP contribution < -0.4 is 67.9 Å². The fourth-order valence-corrected chi connectivity index (χ4v) is 8.08. The predicted molar refractivity (Wildman–Crippen MR) is 248 cm³/mol. The van der Waals surface area contributed by atoms with E-state index in [-0.39, 0.29) is 76.6 Å². The van der Waals surface area contributed by atoms with E-state index in [0.29, 0.717) is 22.8 Å². The van der Waals surface area contributed by atoms with Gasteiger partial charge in [0.15, 0.2) is 49.6 Å². The van der Waals surface area contributed by atoms with Gasteiger partial charge in [0, 0.05) is 102 Å². The van der Waals surface area contributed by atoms with Gasteiger partial charge in [0.2, 0.25) is 0 Å². The molecule has 0 aliphatic carbocycles. The van der Waals surface area contributed by atoms with E-state index in [9.17, 15) is 19.2 Å². The molecule has 0 saturated carbocycles. The molecule has 7 aromatic heterocycles. The Morgan fingerprint density at radius 2 is 0.639 bits per heavy atom. The number of carbonyl (C=O) groups is 4. The molecule has 2 aliphatic rings. The molecule has 0 aromatic carbocycles. The number of hydrogen-bond donors (Lipinski definition) is 2. The number of hydrogen-bond acceptors (Lipinski definition) is 10. The summed E-state index contributed by atoms with van der Waals surface area (Å²) >= 11 is 0. The molecule has 370 valence electrons. The van der Waals surface area contributed by atoms with Crippen LogP contribution in [0.15, 0.2) is 122 Å². The van der Waals surface area contributed by atoms with E-state index in [0.717, 1.165) is 66.6 Å². The number of fused-ring (bicyclic) bond motifs is 8. The maximum Gasteiger partial charge on any atom is 0.307 e. The van der Waals surface area contributed by atoms with Crippen LogP contribution in [0.3, 0.4) is 0 Å². The van der Waals surface area contributed by atoms with E-state index in [1.807, 2.05) is 147 Å². The van der Waals surface area contributed by atoms with Gasteiger partial charge in [0.1, 0.15) is 0 Å². The molecule has 72 heavy (non-hydrogen) atoms. The normalized spacial score (nSPS) is 10.9. The van der Waals surface area contributed by atoms with Crippen LogP contribution in [0, 0.1) is 0 Å². The van der Waals surface area contributed by atoms with Crippen LogP contribution in [-0.4, -0.2) is 43.8 Å². The second kappa shape index (κ2) is 24.4. The van der Waals surface area contributed by atoms with Gasteiger partial charge in [0.25, 0.3) is 26.9 Å². The topological polar surface area (TPSA) is 178 Å². The van der Waals surface area contributed by atoms with Crippen molar-refractivity contribution < 1.29 is 106 Å². The van der Waals surface area contributed by atoms with Crippen molar-refractivity contribution >= 4 is 70.2 Å². The Hall–Kier alpha value is -7.76. The minimum atomic E-state index is -0.405. The lowest BCUT2D eigenvalue weighted by atomic mass is 10.0. The van der Waals surface area contributed by atoms with E-state index < -0.39 is 23.9 Å². The minimum Gasteiger partial charge on any atom is -1.00 e. The molecular weight excluding hydrogens is 1010 g/mol. The quantitative estimate of drug-likeness (QED) is 0.0683. The maximum absolute atomic E-state index is 11.9. The molecule has 2 aliphatic heterocycles. The first-order chi connectivity index (χ1) is 32.9. The Kier molecular flexibility index (Phi) is 18.7. The number of aromatic amines is 2. The van der Waals surface area contributed by atoms with Gasteiger partial charge < -0.3 is 78.5 Å². The molecule has 2 N–H and O–H groups in total. The first-order valence-corrected chi connectivity index (χ1v) is 21.6. The largest absolute Gasteiger partial charge is 1.00 e. The molecule has 7 aromatic rings. The SMILES string of the molecule is CC(=O)OC[n+]1cccc(-c2c3nc(c(-c4ccc[n+](COC(C)=O)c4)c4ccc([nH]4)c(-c4ccc[n+](COC(C)=O)c4)c4ccc([nH]4)c(-c4ccc[n+](COC(C)=O)c4)c4nc2C=C4)C=C3)c1.[Cl-].[Cl-].[Cl-].[Cl-]. The van der Waals surface area contributed by atoms with Crippen LogP contribution in [-0.2, 0) is 65.0 Å². The van der Waals surface area contributed by atoms with Crippen molar-refractivity contribution in [3.8, 4) is 44.5 Å². The van der Waals surface area contributed by atoms with Gasteiger partial charge >= 0.3 is 23.9 Å². The van der Waals surface area contributed by atoms with Gasteiger partial charge in [-0.15, -0.1) is 0 Å². The van der Waals surface area contributed by atoms with Crippen molar-refractivity contribution in [1.29, 1.82) is 0 Å². The number of rotatable bonds is 12. The average Bonchev–Trinajstić information content (AvgIpc) is 4.18. The van der Waals surface area contributed by atoms with Crippen molar-refractivity contribution in [2.24, 2.45) is 0 Å². The summed E-state index contributed by atoms with van der Waals surface area (Å²) in [5, 5.41) is 0. The molecule has 0 atom stereocenters. The van der Waals surface area contributed by atoms with E-state index >= 15 is 0 Å². The van der Waals surface area contributed by atoms with Crippen LogP contribution in [0.2, 0.25) is 0 Å². The van der Waals surface area contributed by atoms with Gasteiger partial charge in [0.05, 0.1) is 39.5 Å². The lowest BCUT2D eigenvalue weighted by Gasteiger charge is -2.07. The highest BCUT2D eigenvalue weighted by atomic mass is 35.5. The zero-order chi connectivity index (χ0) is 47.3. The number of aromatic nitrogens is 8. The maximum atomic E-state index is 11.9. The molecule has 9 heterocycles. The Bertz CT molecular complexity index is 3270. The molecule has 9 rings (SSSR count). The molecule has 0 spiro atoms. The number of esters is 4. The van der Waals surface area contributed by atoms with Gasteiger partial charge in [-0.3, -0.25) is 19.2 Å². The summed E-state index contributed by atoms with van der Waals surface area (Å²) in [6, 6.07) is 23.5. The molecule has 16 nitrogen and oxygen atoms in total. The highest BCUT2D eigenvalue weighted by Crippen LogP contribution is 2.38. The molecule has 8 bridgehead atoms. The van der Waals surface area contributed by atoms with Crippen LogP contribution in [0.25, 0.3) is 90.9 Å². The number of nitrogens with zero attached hydrogens (tertiary/aromatic N) is 6. The zero-order valence-corrected chi connectivity index (χ0v) is 42.2. The number of nitrogens with one attached hydrogen (secondary N) is 2. The standard InChI is InChI=1S/C52H46N8O8.4ClH/c1-33(61)65-29-57-21-5-9-37(25-57)49-41-13-15-43(53-41)50(38-10-6-22-58(26-38)30-66-34(2)62)45-17-19-47(55-45)52(40-12-8-24-60(28-40)32-68-36(4)64)48-20-18-46(56-48)51(44-16-14-42(49)54-44)39-11-7-23-59(27-39)31-67-35(3)63;;;;/h5-28,53-54H,29-32H2,1-4H3;4*1H/q+4;;;;/p-4. The lowest BCUT2D eigenvalue weighted by Crippen LogP contribution is -3.00. The summed E-state index contributed by atoms with van der Waals surface area (Å²) in [4.78, 5) is 65.6. The number of carbonyl (C=O) groups excluding carboxylic acids is 4. The first-order valence-electron chi connectivity index (χ1n) is 21.6. The van der Waals surface area contributed by atoms with Crippen LogP contribution in [0.5, 0.6) is 0 Å². The van der Waals surface area contributed by atoms with Gasteiger partial charge in [-0.25, -0.2) is 9.97 Å². The van der Waals surface area contributed by atoms with Gasteiger partial charge in [-0.05, 0) is 72.8 Å². The van der Waals surface area contributed by atoms with Crippen molar-refractivity contribution in [2.45, 2.75) is 54.6 Å². The highest BCUT2D eigenvalue weighted by Gasteiger charge is 2.23. The smallest absolute Gasteiger partial charge is 0.307 e. The Labute approximate surface area is 438 Å². The van der Waals surface area contributed by atoms with E-state index in [1.165, 1.54) is 27.7 Å². The third kappa shape index (κ3) is 12.6. The van der Waals surface area contributed by atoms with Gasteiger partial charge in [-0.1, -0.05) is 0 Å². The summed E-state index contributed by atoms with van der Waals surface area (Å²) in [5.74, 6) is -1.61. The summed E-state index contributed by atoms with van der Waals surface area (Å²) in [6.07, 6.45) is 22.8. The van der Waals surface area contributed by atoms with Crippen molar-refractivity contribution in [2.75, 3.05) is 0 Å². The van der Waals surface area contributed by atoms with Crippen LogP contribution in [0.1, 0.15) is 50.5 Å². The van der Waals surface area contributed by atoms with E-state index in [4.69, 9.17) is 28.9 Å². The number of halogens is 4. The third-order valence-corrected chi connectivity index (χ3v) is 11.0.